The molecule has 1 aromatic carbocycles. The van der Waals surface area contributed by atoms with Crippen LogP contribution in [0, 0.1) is 5.41 Å². The maximum Gasteiger partial charge on any atom is 0.255 e. The Morgan fingerprint density at radius 1 is 1.32 bits per heavy atom. The van der Waals surface area contributed by atoms with Crippen LogP contribution in [0.1, 0.15) is 13.8 Å². The van der Waals surface area contributed by atoms with Gasteiger partial charge in [0.15, 0.2) is 6.61 Å². The van der Waals surface area contributed by atoms with E-state index in [0.717, 1.165) is 0 Å². The van der Waals surface area contributed by atoms with Gasteiger partial charge in [0.25, 0.3) is 5.91 Å². The molecule has 0 bridgehead atoms. The van der Waals surface area contributed by atoms with E-state index in [2.05, 4.69) is 5.32 Å². The molecule has 3 N–H and O–H groups in total. The van der Waals surface area contributed by atoms with E-state index in [1.807, 2.05) is 0 Å². The van der Waals surface area contributed by atoms with E-state index in [0.29, 0.717) is 11.4 Å². The molecule has 0 spiro atoms. The fourth-order valence-corrected chi connectivity index (χ4v) is 1.27. The quantitative estimate of drug-likeness (QED) is 0.781. The van der Waals surface area contributed by atoms with Crippen molar-refractivity contribution in [3.05, 3.63) is 24.3 Å². The predicted molar refractivity (Wildman–Crippen MR) is 74.3 cm³/mol. The molecular weight excluding hydrogens is 268 g/mol. The number of hydrogen-bond donors (Lipinski definition) is 2. The fraction of sp³-hybridized carbons (Fsp3) is 0.385. The lowest BCUT2D eigenvalue weighted by Gasteiger charge is -2.20. The van der Waals surface area contributed by atoms with Crippen LogP contribution < -0.4 is 15.8 Å². The zero-order valence-corrected chi connectivity index (χ0v) is 11.7. The summed E-state index contributed by atoms with van der Waals surface area (Å²) in [6.45, 7) is 3.35. The standard InChI is InChI=1S/C13H17ClN2O3/c1-13(2,8-14)12(18)16-9-3-5-10(6-4-9)19-7-11(15)17/h3-6H,7-8H2,1-2H3,(H2,15,17)(H,16,18). The highest BCUT2D eigenvalue weighted by Gasteiger charge is 2.26. The lowest BCUT2D eigenvalue weighted by atomic mass is 9.95. The van der Waals surface area contributed by atoms with Crippen molar-refractivity contribution < 1.29 is 14.3 Å². The molecule has 0 fully saturated rings. The molecule has 1 rings (SSSR count). The van der Waals surface area contributed by atoms with Gasteiger partial charge in [0.2, 0.25) is 5.91 Å². The number of amides is 2. The monoisotopic (exact) mass is 284 g/mol. The van der Waals surface area contributed by atoms with Gasteiger partial charge in [-0.05, 0) is 38.1 Å². The van der Waals surface area contributed by atoms with Crippen molar-refractivity contribution in [2.75, 3.05) is 17.8 Å². The lowest BCUT2D eigenvalue weighted by Crippen LogP contribution is -2.32. The first-order valence-corrected chi connectivity index (χ1v) is 6.27. The van der Waals surface area contributed by atoms with Crippen LogP contribution in [0.5, 0.6) is 5.75 Å². The van der Waals surface area contributed by atoms with E-state index in [1.54, 1.807) is 38.1 Å². The van der Waals surface area contributed by atoms with Crippen molar-refractivity contribution in [2.24, 2.45) is 11.1 Å². The van der Waals surface area contributed by atoms with Gasteiger partial charge < -0.3 is 15.8 Å². The van der Waals surface area contributed by atoms with E-state index in [-0.39, 0.29) is 18.4 Å². The third-order valence-corrected chi connectivity index (χ3v) is 3.11. The number of rotatable bonds is 6. The van der Waals surface area contributed by atoms with Gasteiger partial charge in [-0.3, -0.25) is 9.59 Å². The zero-order valence-electron chi connectivity index (χ0n) is 10.9. The number of halogens is 1. The highest BCUT2D eigenvalue weighted by atomic mass is 35.5. The number of primary amides is 1. The largest absolute Gasteiger partial charge is 0.484 e. The molecule has 0 aliphatic heterocycles. The van der Waals surface area contributed by atoms with Gasteiger partial charge in [0, 0.05) is 11.6 Å². The summed E-state index contributed by atoms with van der Waals surface area (Å²) >= 11 is 5.73. The minimum absolute atomic E-state index is 0.159. The summed E-state index contributed by atoms with van der Waals surface area (Å²) < 4.78 is 5.11. The molecule has 0 aliphatic carbocycles. The van der Waals surface area contributed by atoms with E-state index in [4.69, 9.17) is 22.1 Å². The molecule has 0 saturated carbocycles. The van der Waals surface area contributed by atoms with Crippen LogP contribution in [-0.4, -0.2) is 24.3 Å². The average molecular weight is 285 g/mol. The maximum absolute atomic E-state index is 11.9. The van der Waals surface area contributed by atoms with Crippen molar-refractivity contribution in [2.45, 2.75) is 13.8 Å². The molecule has 19 heavy (non-hydrogen) atoms. The molecule has 6 heteroatoms. The molecule has 2 amide bonds. The maximum atomic E-state index is 11.9. The number of nitrogens with two attached hydrogens (primary N) is 1. The van der Waals surface area contributed by atoms with Gasteiger partial charge in [0.05, 0.1) is 5.41 Å². The van der Waals surface area contributed by atoms with Gasteiger partial charge in [-0.25, -0.2) is 0 Å². The smallest absolute Gasteiger partial charge is 0.255 e. The van der Waals surface area contributed by atoms with E-state index in [9.17, 15) is 9.59 Å². The Balaban J connectivity index is 2.62. The highest BCUT2D eigenvalue weighted by Crippen LogP contribution is 2.21. The number of carbonyl (C=O) groups excluding carboxylic acids is 2. The van der Waals surface area contributed by atoms with Gasteiger partial charge in [-0.1, -0.05) is 0 Å². The minimum Gasteiger partial charge on any atom is -0.484 e. The Hall–Kier alpha value is -1.75. The Bertz CT molecular complexity index is 457. The molecule has 0 radical (unpaired) electrons. The Kier molecular flexibility index (Phi) is 5.18. The second-order valence-electron chi connectivity index (χ2n) is 4.75. The molecule has 0 aliphatic rings. The van der Waals surface area contributed by atoms with Crippen molar-refractivity contribution in [3.63, 3.8) is 0 Å². The molecule has 0 aromatic heterocycles. The summed E-state index contributed by atoms with van der Waals surface area (Å²) in [5.41, 5.74) is 4.96. The molecule has 0 unspecified atom stereocenters. The fourth-order valence-electron chi connectivity index (χ4n) is 1.15. The molecule has 5 nitrogen and oxygen atoms in total. The normalized spacial score (nSPS) is 10.9. The van der Waals surface area contributed by atoms with Crippen LogP contribution in [0.25, 0.3) is 0 Å². The summed E-state index contributed by atoms with van der Waals surface area (Å²) in [5, 5.41) is 2.75. The zero-order chi connectivity index (χ0) is 14.5. The highest BCUT2D eigenvalue weighted by molar-refractivity contribution is 6.20. The number of hydrogen-bond acceptors (Lipinski definition) is 3. The Morgan fingerprint density at radius 2 is 1.89 bits per heavy atom. The van der Waals surface area contributed by atoms with Crippen LogP contribution in [0.3, 0.4) is 0 Å². The number of nitrogens with one attached hydrogen (secondary N) is 1. The van der Waals surface area contributed by atoms with Crippen molar-refractivity contribution >= 4 is 29.1 Å². The molecular formula is C13H17ClN2O3. The molecule has 1 aromatic rings. The number of anilines is 1. The van der Waals surface area contributed by atoms with Crippen LogP contribution in [0.2, 0.25) is 0 Å². The number of ether oxygens (including phenoxy) is 1. The summed E-state index contributed by atoms with van der Waals surface area (Å²) in [6, 6.07) is 6.65. The van der Waals surface area contributed by atoms with Crippen LogP contribution in [0.4, 0.5) is 5.69 Å². The lowest BCUT2D eigenvalue weighted by molar-refractivity contribution is -0.123. The SMILES string of the molecule is CC(C)(CCl)C(=O)Nc1ccc(OCC(N)=O)cc1. The second-order valence-corrected chi connectivity index (χ2v) is 5.02. The number of alkyl halides is 1. The van der Waals surface area contributed by atoms with E-state index in [1.165, 1.54) is 0 Å². The van der Waals surface area contributed by atoms with Crippen molar-refractivity contribution in [1.29, 1.82) is 0 Å². The van der Waals surface area contributed by atoms with E-state index >= 15 is 0 Å². The summed E-state index contributed by atoms with van der Waals surface area (Å²) in [6.07, 6.45) is 0. The van der Waals surface area contributed by atoms with Crippen LogP contribution in [0.15, 0.2) is 24.3 Å². The Labute approximate surface area is 117 Å². The topological polar surface area (TPSA) is 81.4 Å². The van der Waals surface area contributed by atoms with Crippen molar-refractivity contribution in [1.82, 2.24) is 0 Å². The number of benzene rings is 1. The predicted octanol–water partition coefficient (Wildman–Crippen LogP) is 1.75. The molecule has 0 heterocycles. The Morgan fingerprint density at radius 3 is 2.37 bits per heavy atom. The minimum atomic E-state index is -0.636. The third kappa shape index (κ3) is 4.79. The van der Waals surface area contributed by atoms with Crippen LogP contribution in [-0.2, 0) is 9.59 Å². The van der Waals surface area contributed by atoms with Gasteiger partial charge in [-0.2, -0.15) is 0 Å². The molecule has 0 atom stereocenters. The van der Waals surface area contributed by atoms with Gasteiger partial charge in [-0.15, -0.1) is 11.6 Å². The first-order valence-electron chi connectivity index (χ1n) is 5.74. The van der Waals surface area contributed by atoms with Gasteiger partial charge >= 0.3 is 0 Å². The second kappa shape index (κ2) is 6.43. The third-order valence-electron chi connectivity index (χ3n) is 2.44. The number of carbonyl (C=O) groups is 2. The average Bonchev–Trinajstić information content (AvgIpc) is 2.37. The molecule has 0 saturated heterocycles. The van der Waals surface area contributed by atoms with E-state index < -0.39 is 11.3 Å². The van der Waals surface area contributed by atoms with Gasteiger partial charge in [0.1, 0.15) is 5.75 Å². The first kappa shape index (κ1) is 15.3. The summed E-state index contributed by atoms with van der Waals surface area (Å²) in [5.74, 6) is 0.0430. The van der Waals surface area contributed by atoms with Crippen LogP contribution >= 0.6 is 11.6 Å². The molecule has 104 valence electrons. The van der Waals surface area contributed by atoms with Crippen molar-refractivity contribution in [3.8, 4) is 5.75 Å². The summed E-state index contributed by atoms with van der Waals surface area (Å²) in [7, 11) is 0. The summed E-state index contributed by atoms with van der Waals surface area (Å²) in [4.78, 5) is 22.4. The first-order chi connectivity index (χ1) is 8.85.